The normalized spacial score (nSPS) is 11.9. The number of nitrogens with zero attached hydrogens (tertiary/aromatic N) is 3. The summed E-state index contributed by atoms with van der Waals surface area (Å²) in [4.78, 5) is 14.1. The second-order valence-electron chi connectivity index (χ2n) is 6.02. The number of anilines is 1. The number of rotatable bonds is 7. The number of aromatic nitrogens is 2. The molecule has 2 N–H and O–H groups in total. The summed E-state index contributed by atoms with van der Waals surface area (Å²) in [6.45, 7) is 10.2. The van der Waals surface area contributed by atoms with Gasteiger partial charge in [-0.15, -0.1) is 10.2 Å². The monoisotopic (exact) mass is 300 g/mol. The van der Waals surface area contributed by atoms with Crippen molar-refractivity contribution in [1.29, 1.82) is 0 Å². The highest BCUT2D eigenvalue weighted by molar-refractivity contribution is 7.15. The Labute approximate surface area is 124 Å². The fourth-order valence-electron chi connectivity index (χ4n) is 1.89. The van der Waals surface area contributed by atoms with Crippen molar-refractivity contribution in [3.05, 3.63) is 5.01 Å². The van der Waals surface area contributed by atoms with Crippen LogP contribution >= 0.6 is 11.3 Å². The predicted octanol–water partition coefficient (Wildman–Crippen LogP) is 1.52. The van der Waals surface area contributed by atoms with E-state index in [1.807, 2.05) is 6.92 Å². The maximum Gasteiger partial charge on any atom is 0.240 e. The molecular weight excluding hydrogens is 276 g/mol. The molecule has 0 aliphatic rings. The van der Waals surface area contributed by atoms with E-state index in [0.29, 0.717) is 24.6 Å². The highest BCUT2D eigenvalue weighted by Gasteiger charge is 2.19. The molecule has 0 aromatic carbocycles. The molecular formula is C13H24N4O2S. The maximum atomic E-state index is 12.0. The van der Waals surface area contributed by atoms with Gasteiger partial charge in [-0.2, -0.15) is 0 Å². The second kappa shape index (κ2) is 7.66. The SMILES string of the molecule is Cc1nnc(NC(=O)CN(CCCO)CC(C)(C)C)s1. The summed E-state index contributed by atoms with van der Waals surface area (Å²) in [5.74, 6) is -0.0941. The van der Waals surface area contributed by atoms with E-state index in [1.165, 1.54) is 11.3 Å². The minimum absolute atomic E-state index is 0.0941. The van der Waals surface area contributed by atoms with Gasteiger partial charge in [0.25, 0.3) is 0 Å². The fraction of sp³-hybridized carbons (Fsp3) is 0.769. The number of nitrogens with one attached hydrogen (secondary N) is 1. The highest BCUT2D eigenvalue weighted by atomic mass is 32.1. The molecule has 1 aromatic heterocycles. The Kier molecular flexibility index (Phi) is 6.51. The smallest absolute Gasteiger partial charge is 0.240 e. The van der Waals surface area contributed by atoms with Crippen molar-refractivity contribution in [2.24, 2.45) is 5.41 Å². The van der Waals surface area contributed by atoms with Crippen LogP contribution < -0.4 is 5.32 Å². The lowest BCUT2D eigenvalue weighted by Crippen LogP contribution is -2.39. The van der Waals surface area contributed by atoms with Crippen molar-refractivity contribution in [1.82, 2.24) is 15.1 Å². The van der Waals surface area contributed by atoms with Gasteiger partial charge in [-0.05, 0) is 18.8 Å². The first-order valence-electron chi connectivity index (χ1n) is 6.73. The quantitative estimate of drug-likeness (QED) is 0.798. The number of carbonyl (C=O) groups excluding carboxylic acids is 1. The van der Waals surface area contributed by atoms with Crippen LogP contribution in [0.2, 0.25) is 0 Å². The Morgan fingerprint density at radius 1 is 1.40 bits per heavy atom. The molecule has 0 fully saturated rings. The van der Waals surface area contributed by atoms with Crippen LogP contribution in [0, 0.1) is 12.3 Å². The largest absolute Gasteiger partial charge is 0.396 e. The molecule has 0 radical (unpaired) electrons. The zero-order valence-corrected chi connectivity index (χ0v) is 13.5. The number of aliphatic hydroxyl groups excluding tert-OH is 1. The van der Waals surface area contributed by atoms with Gasteiger partial charge in [0, 0.05) is 19.7 Å². The van der Waals surface area contributed by atoms with Crippen LogP contribution in [-0.2, 0) is 4.79 Å². The van der Waals surface area contributed by atoms with Gasteiger partial charge in [0.2, 0.25) is 11.0 Å². The molecule has 0 bridgehead atoms. The standard InChI is InChI=1S/C13H24N4O2S/c1-10-15-16-12(20-10)14-11(19)8-17(6-5-7-18)9-13(2,3)4/h18H,5-9H2,1-4H3,(H,14,16,19). The Morgan fingerprint density at radius 3 is 2.60 bits per heavy atom. The average molecular weight is 300 g/mol. The third-order valence-electron chi connectivity index (χ3n) is 2.47. The van der Waals surface area contributed by atoms with Crippen LogP contribution in [0.3, 0.4) is 0 Å². The number of carbonyl (C=O) groups is 1. The highest BCUT2D eigenvalue weighted by Crippen LogP contribution is 2.16. The Hall–Kier alpha value is -1.05. The number of hydrogen-bond donors (Lipinski definition) is 2. The third-order valence-corrected chi connectivity index (χ3v) is 3.22. The van der Waals surface area contributed by atoms with E-state index in [9.17, 15) is 4.79 Å². The minimum Gasteiger partial charge on any atom is -0.396 e. The molecule has 114 valence electrons. The van der Waals surface area contributed by atoms with Gasteiger partial charge in [0.05, 0.1) is 6.54 Å². The Balaban J connectivity index is 2.52. The molecule has 0 spiro atoms. The molecule has 6 nitrogen and oxygen atoms in total. The van der Waals surface area contributed by atoms with Crippen LogP contribution in [0.1, 0.15) is 32.2 Å². The van der Waals surface area contributed by atoms with Gasteiger partial charge in [-0.1, -0.05) is 32.1 Å². The average Bonchev–Trinajstić information content (AvgIpc) is 2.69. The molecule has 0 atom stereocenters. The lowest BCUT2D eigenvalue weighted by Gasteiger charge is -2.29. The van der Waals surface area contributed by atoms with Crippen molar-refractivity contribution in [2.75, 3.05) is 31.6 Å². The van der Waals surface area contributed by atoms with Crippen LogP contribution in [0.5, 0.6) is 0 Å². The molecule has 0 saturated carbocycles. The van der Waals surface area contributed by atoms with Gasteiger partial charge in [-0.25, -0.2) is 0 Å². The van der Waals surface area contributed by atoms with Gasteiger partial charge in [-0.3, -0.25) is 15.0 Å². The Morgan fingerprint density at radius 2 is 2.10 bits per heavy atom. The zero-order chi connectivity index (χ0) is 15.2. The van der Waals surface area contributed by atoms with E-state index >= 15 is 0 Å². The van der Waals surface area contributed by atoms with E-state index in [0.717, 1.165) is 11.6 Å². The molecule has 0 aliphatic carbocycles. The van der Waals surface area contributed by atoms with Crippen molar-refractivity contribution in [2.45, 2.75) is 34.1 Å². The van der Waals surface area contributed by atoms with Crippen molar-refractivity contribution < 1.29 is 9.90 Å². The second-order valence-corrected chi connectivity index (χ2v) is 7.20. The summed E-state index contributed by atoms with van der Waals surface area (Å²) >= 11 is 1.36. The van der Waals surface area contributed by atoms with Crippen LogP contribution in [0.15, 0.2) is 0 Å². The molecule has 1 amide bonds. The molecule has 0 unspecified atom stereocenters. The molecule has 20 heavy (non-hydrogen) atoms. The van der Waals surface area contributed by atoms with E-state index in [2.05, 4.69) is 41.2 Å². The fourth-order valence-corrected chi connectivity index (χ4v) is 2.50. The van der Waals surface area contributed by atoms with Gasteiger partial charge >= 0.3 is 0 Å². The van der Waals surface area contributed by atoms with Gasteiger partial charge in [0.15, 0.2) is 0 Å². The van der Waals surface area contributed by atoms with Crippen LogP contribution in [0.25, 0.3) is 0 Å². The molecule has 7 heteroatoms. The van der Waals surface area contributed by atoms with E-state index < -0.39 is 0 Å². The van der Waals surface area contributed by atoms with Gasteiger partial charge < -0.3 is 5.11 Å². The summed E-state index contributed by atoms with van der Waals surface area (Å²) in [6, 6.07) is 0. The molecule has 0 aliphatic heterocycles. The maximum absolute atomic E-state index is 12.0. The van der Waals surface area contributed by atoms with E-state index in [1.54, 1.807) is 0 Å². The van der Waals surface area contributed by atoms with Crippen molar-refractivity contribution in [3.8, 4) is 0 Å². The third kappa shape index (κ3) is 6.93. The summed E-state index contributed by atoms with van der Waals surface area (Å²) in [5, 5.41) is 20.8. The first-order valence-corrected chi connectivity index (χ1v) is 7.55. The summed E-state index contributed by atoms with van der Waals surface area (Å²) in [6.07, 6.45) is 0.668. The molecule has 1 aromatic rings. The molecule has 1 heterocycles. The van der Waals surface area contributed by atoms with Crippen molar-refractivity contribution >= 4 is 22.4 Å². The van der Waals surface area contributed by atoms with Crippen molar-refractivity contribution in [3.63, 3.8) is 0 Å². The summed E-state index contributed by atoms with van der Waals surface area (Å²) < 4.78 is 0. The number of aryl methyl sites for hydroxylation is 1. The number of amides is 1. The first kappa shape index (κ1) is 17.0. The number of aliphatic hydroxyl groups is 1. The summed E-state index contributed by atoms with van der Waals surface area (Å²) in [5.41, 5.74) is 0.106. The van der Waals surface area contributed by atoms with Crippen LogP contribution in [0.4, 0.5) is 5.13 Å². The number of hydrogen-bond acceptors (Lipinski definition) is 6. The topological polar surface area (TPSA) is 78.4 Å². The van der Waals surface area contributed by atoms with E-state index in [4.69, 9.17) is 5.11 Å². The summed E-state index contributed by atoms with van der Waals surface area (Å²) in [7, 11) is 0. The van der Waals surface area contributed by atoms with Crippen LogP contribution in [-0.4, -0.2) is 52.4 Å². The minimum atomic E-state index is -0.0941. The lowest BCUT2D eigenvalue weighted by molar-refractivity contribution is -0.117. The van der Waals surface area contributed by atoms with Gasteiger partial charge in [0.1, 0.15) is 5.01 Å². The zero-order valence-electron chi connectivity index (χ0n) is 12.6. The first-order chi connectivity index (χ1) is 9.30. The van der Waals surface area contributed by atoms with E-state index in [-0.39, 0.29) is 17.9 Å². The molecule has 0 saturated heterocycles. The lowest BCUT2D eigenvalue weighted by atomic mass is 9.96. The Bertz CT molecular complexity index is 428. The predicted molar refractivity (Wildman–Crippen MR) is 80.9 cm³/mol. The molecule has 1 rings (SSSR count).